The summed E-state index contributed by atoms with van der Waals surface area (Å²) in [6.07, 6.45) is 1.75. The molecule has 1 saturated heterocycles. The molecule has 6 nitrogen and oxygen atoms in total. The van der Waals surface area contributed by atoms with Gasteiger partial charge in [-0.15, -0.1) is 0 Å². The number of nitrogens with one attached hydrogen (secondary N) is 1. The average Bonchev–Trinajstić information content (AvgIpc) is 2.80. The second kappa shape index (κ2) is 9.05. The van der Waals surface area contributed by atoms with Crippen molar-refractivity contribution in [3.05, 3.63) is 71.9 Å². The Morgan fingerprint density at radius 1 is 0.967 bits per heavy atom. The van der Waals surface area contributed by atoms with E-state index in [-0.39, 0.29) is 5.91 Å². The predicted octanol–water partition coefficient (Wildman–Crippen LogP) is 3.97. The van der Waals surface area contributed by atoms with E-state index in [1.807, 2.05) is 35.2 Å². The van der Waals surface area contributed by atoms with Gasteiger partial charge < -0.3 is 15.1 Å². The van der Waals surface area contributed by atoms with E-state index < -0.39 is 0 Å². The van der Waals surface area contributed by atoms with Gasteiger partial charge in [-0.1, -0.05) is 36.8 Å². The second-order valence-electron chi connectivity index (χ2n) is 7.56. The Hall–Kier alpha value is -3.25. The van der Waals surface area contributed by atoms with E-state index in [2.05, 4.69) is 58.3 Å². The van der Waals surface area contributed by atoms with Crippen LogP contribution in [0.3, 0.4) is 0 Å². The minimum absolute atomic E-state index is 0.0925. The van der Waals surface area contributed by atoms with Crippen molar-refractivity contribution in [2.24, 2.45) is 0 Å². The lowest BCUT2D eigenvalue weighted by molar-refractivity contribution is 0.0643. The summed E-state index contributed by atoms with van der Waals surface area (Å²) < 4.78 is 0. The molecule has 30 heavy (non-hydrogen) atoms. The molecule has 0 unspecified atom stereocenters. The van der Waals surface area contributed by atoms with Gasteiger partial charge in [0.25, 0.3) is 5.91 Å². The lowest BCUT2D eigenvalue weighted by atomic mass is 10.1. The van der Waals surface area contributed by atoms with Crippen molar-refractivity contribution < 1.29 is 4.79 Å². The highest BCUT2D eigenvalue weighted by atomic mass is 16.2. The molecule has 2 aromatic carbocycles. The number of piperazine rings is 1. The number of amides is 1. The molecule has 1 aromatic heterocycles. The highest BCUT2D eigenvalue weighted by molar-refractivity contribution is 5.94. The Morgan fingerprint density at radius 2 is 1.67 bits per heavy atom. The molecule has 1 aliphatic rings. The van der Waals surface area contributed by atoms with Crippen LogP contribution in [-0.4, -0.2) is 58.4 Å². The summed E-state index contributed by atoms with van der Waals surface area (Å²) in [4.78, 5) is 26.0. The van der Waals surface area contributed by atoms with Gasteiger partial charge >= 0.3 is 0 Å². The lowest BCUT2D eigenvalue weighted by Gasteiger charge is -2.34. The van der Waals surface area contributed by atoms with Gasteiger partial charge in [0.1, 0.15) is 0 Å². The van der Waals surface area contributed by atoms with Crippen molar-refractivity contribution in [2.45, 2.75) is 13.8 Å². The maximum atomic E-state index is 12.8. The van der Waals surface area contributed by atoms with Crippen molar-refractivity contribution >= 4 is 17.5 Å². The summed E-state index contributed by atoms with van der Waals surface area (Å²) >= 11 is 0. The van der Waals surface area contributed by atoms with E-state index >= 15 is 0 Å². The molecule has 1 amide bonds. The van der Waals surface area contributed by atoms with Crippen LogP contribution < -0.4 is 5.32 Å². The molecule has 154 valence electrons. The van der Waals surface area contributed by atoms with Crippen LogP contribution in [0.15, 0.2) is 60.8 Å². The molecule has 0 spiro atoms. The fourth-order valence-corrected chi connectivity index (χ4v) is 3.58. The standard InChI is InChI=1S/C24H27N5O/c1-3-28-14-16-29(17-15-28)23(30)20-8-10-21(11-9-20)26-24-25-13-12-22(27-24)19-6-4-18(2)5-7-19/h4-13H,3,14-17H2,1-2H3,(H,25,26,27). The zero-order valence-electron chi connectivity index (χ0n) is 17.5. The van der Waals surface area contributed by atoms with Crippen LogP contribution in [0.5, 0.6) is 0 Å². The summed E-state index contributed by atoms with van der Waals surface area (Å²) in [5, 5.41) is 3.23. The molecule has 0 radical (unpaired) electrons. The number of aryl methyl sites for hydroxylation is 1. The van der Waals surface area contributed by atoms with Gasteiger partial charge in [-0.3, -0.25) is 4.79 Å². The fraction of sp³-hybridized carbons (Fsp3) is 0.292. The van der Waals surface area contributed by atoms with Gasteiger partial charge in [0.2, 0.25) is 5.95 Å². The summed E-state index contributed by atoms with van der Waals surface area (Å²) in [5.74, 6) is 0.623. The first-order chi connectivity index (χ1) is 14.6. The first kappa shape index (κ1) is 20.0. The van der Waals surface area contributed by atoms with Gasteiger partial charge in [0.15, 0.2) is 0 Å². The molecule has 1 fully saturated rings. The highest BCUT2D eigenvalue weighted by Gasteiger charge is 2.21. The van der Waals surface area contributed by atoms with Gasteiger partial charge in [-0.05, 0) is 43.8 Å². The van der Waals surface area contributed by atoms with Crippen LogP contribution in [0, 0.1) is 6.92 Å². The van der Waals surface area contributed by atoms with E-state index in [1.165, 1.54) is 5.56 Å². The summed E-state index contributed by atoms with van der Waals surface area (Å²) in [5.41, 5.74) is 4.69. The number of carbonyl (C=O) groups excluding carboxylic acids is 1. The Labute approximate surface area is 177 Å². The largest absolute Gasteiger partial charge is 0.336 e. The third-order valence-corrected chi connectivity index (χ3v) is 5.50. The number of aromatic nitrogens is 2. The van der Waals surface area contributed by atoms with Crippen LogP contribution >= 0.6 is 0 Å². The predicted molar refractivity (Wildman–Crippen MR) is 120 cm³/mol. The van der Waals surface area contributed by atoms with Crippen LogP contribution in [0.4, 0.5) is 11.6 Å². The number of likely N-dealkylation sites (N-methyl/N-ethyl adjacent to an activating group) is 1. The maximum Gasteiger partial charge on any atom is 0.253 e. The third-order valence-electron chi connectivity index (χ3n) is 5.50. The van der Waals surface area contributed by atoms with Crippen molar-refractivity contribution in [1.29, 1.82) is 0 Å². The van der Waals surface area contributed by atoms with E-state index in [4.69, 9.17) is 0 Å². The van der Waals surface area contributed by atoms with Crippen molar-refractivity contribution in [2.75, 3.05) is 38.0 Å². The maximum absolute atomic E-state index is 12.8. The molecule has 0 bridgehead atoms. The minimum atomic E-state index is 0.0925. The van der Waals surface area contributed by atoms with E-state index in [0.717, 1.165) is 49.7 Å². The zero-order valence-corrected chi connectivity index (χ0v) is 17.5. The Morgan fingerprint density at radius 3 is 2.33 bits per heavy atom. The van der Waals surface area contributed by atoms with Crippen molar-refractivity contribution in [1.82, 2.24) is 19.8 Å². The number of nitrogens with zero attached hydrogens (tertiary/aromatic N) is 4. The molecular formula is C24H27N5O. The zero-order chi connectivity index (χ0) is 20.9. The van der Waals surface area contributed by atoms with E-state index in [9.17, 15) is 4.79 Å². The molecule has 0 aliphatic carbocycles. The normalized spacial score (nSPS) is 14.5. The molecule has 1 N–H and O–H groups in total. The Bertz CT molecular complexity index is 993. The summed E-state index contributed by atoms with van der Waals surface area (Å²) in [6, 6.07) is 17.7. The Balaban J connectivity index is 1.42. The first-order valence-corrected chi connectivity index (χ1v) is 10.4. The average molecular weight is 402 g/mol. The monoisotopic (exact) mass is 401 g/mol. The highest BCUT2D eigenvalue weighted by Crippen LogP contribution is 2.20. The second-order valence-corrected chi connectivity index (χ2v) is 7.56. The SMILES string of the molecule is CCN1CCN(C(=O)c2ccc(Nc3nccc(-c4ccc(C)cc4)n3)cc2)CC1. The van der Waals surface area contributed by atoms with Crippen LogP contribution in [0.2, 0.25) is 0 Å². The number of anilines is 2. The minimum Gasteiger partial charge on any atom is -0.336 e. The molecule has 0 saturated carbocycles. The number of hydrogen-bond acceptors (Lipinski definition) is 5. The number of carbonyl (C=O) groups is 1. The molecule has 1 aliphatic heterocycles. The Kier molecular flexibility index (Phi) is 6.05. The first-order valence-electron chi connectivity index (χ1n) is 10.4. The molecule has 4 rings (SSSR count). The van der Waals surface area contributed by atoms with Crippen LogP contribution in [-0.2, 0) is 0 Å². The fourth-order valence-electron chi connectivity index (χ4n) is 3.58. The number of rotatable bonds is 5. The summed E-state index contributed by atoms with van der Waals surface area (Å²) in [7, 11) is 0. The van der Waals surface area contributed by atoms with Gasteiger partial charge in [0.05, 0.1) is 5.69 Å². The third kappa shape index (κ3) is 4.66. The number of benzene rings is 2. The summed E-state index contributed by atoms with van der Waals surface area (Å²) in [6.45, 7) is 8.71. The molecule has 2 heterocycles. The molecule has 0 atom stereocenters. The van der Waals surface area contributed by atoms with E-state index in [0.29, 0.717) is 11.5 Å². The molecular weight excluding hydrogens is 374 g/mol. The van der Waals surface area contributed by atoms with E-state index in [1.54, 1.807) is 6.20 Å². The lowest BCUT2D eigenvalue weighted by Crippen LogP contribution is -2.48. The molecule has 6 heteroatoms. The van der Waals surface area contributed by atoms with Gasteiger partial charge in [-0.2, -0.15) is 0 Å². The van der Waals surface area contributed by atoms with Crippen LogP contribution in [0.25, 0.3) is 11.3 Å². The smallest absolute Gasteiger partial charge is 0.253 e. The topological polar surface area (TPSA) is 61.4 Å². The quantitative estimate of drug-likeness (QED) is 0.701. The number of hydrogen-bond donors (Lipinski definition) is 1. The van der Waals surface area contributed by atoms with Gasteiger partial charge in [0, 0.05) is 49.2 Å². The van der Waals surface area contributed by atoms with Gasteiger partial charge in [-0.25, -0.2) is 9.97 Å². The van der Waals surface area contributed by atoms with Crippen LogP contribution in [0.1, 0.15) is 22.8 Å². The molecule has 3 aromatic rings. The van der Waals surface area contributed by atoms with Crippen molar-refractivity contribution in [3.8, 4) is 11.3 Å². The van der Waals surface area contributed by atoms with Crippen molar-refractivity contribution in [3.63, 3.8) is 0 Å².